The van der Waals surface area contributed by atoms with Crippen LogP contribution in [-0.4, -0.2) is 57.2 Å². The minimum Gasteiger partial charge on any atom is -0.383 e. The van der Waals surface area contributed by atoms with Crippen molar-refractivity contribution in [2.45, 2.75) is 13.3 Å². The van der Waals surface area contributed by atoms with Crippen LogP contribution in [0.15, 0.2) is 0 Å². The average molecular weight is 217 g/mol. The van der Waals surface area contributed by atoms with E-state index >= 15 is 0 Å². The van der Waals surface area contributed by atoms with E-state index in [0.29, 0.717) is 26.2 Å². The first-order chi connectivity index (χ1) is 7.24. The summed E-state index contributed by atoms with van der Waals surface area (Å²) in [5.41, 5.74) is 5.42. The van der Waals surface area contributed by atoms with Crippen LogP contribution in [0.4, 0.5) is 0 Å². The quantitative estimate of drug-likeness (QED) is 0.507. The molecule has 5 nitrogen and oxygen atoms in total. The number of amides is 1. The lowest BCUT2D eigenvalue weighted by Crippen LogP contribution is -2.39. The van der Waals surface area contributed by atoms with Gasteiger partial charge in [0, 0.05) is 13.7 Å². The highest BCUT2D eigenvalue weighted by Gasteiger charge is 2.07. The number of nitrogens with zero attached hydrogens (tertiary/aromatic N) is 1. The molecular formula is C10H23N3O2. The first-order valence-corrected chi connectivity index (χ1v) is 5.42. The maximum Gasteiger partial charge on any atom is 0.234 e. The molecule has 1 amide bonds. The zero-order valence-corrected chi connectivity index (χ0v) is 9.79. The van der Waals surface area contributed by atoms with Gasteiger partial charge >= 0.3 is 0 Å². The monoisotopic (exact) mass is 217 g/mol. The van der Waals surface area contributed by atoms with E-state index in [-0.39, 0.29) is 5.91 Å². The largest absolute Gasteiger partial charge is 0.383 e. The van der Waals surface area contributed by atoms with E-state index in [1.165, 1.54) is 0 Å². The molecule has 0 aromatic rings. The van der Waals surface area contributed by atoms with E-state index < -0.39 is 0 Å². The van der Waals surface area contributed by atoms with Crippen molar-refractivity contribution in [3.8, 4) is 0 Å². The molecule has 0 spiro atoms. The summed E-state index contributed by atoms with van der Waals surface area (Å²) in [6.45, 7) is 6.04. The second-order valence-electron chi connectivity index (χ2n) is 3.35. The van der Waals surface area contributed by atoms with Crippen LogP contribution in [0.25, 0.3) is 0 Å². The van der Waals surface area contributed by atoms with Gasteiger partial charge in [-0.15, -0.1) is 0 Å². The van der Waals surface area contributed by atoms with Crippen molar-refractivity contribution in [3.05, 3.63) is 0 Å². The van der Waals surface area contributed by atoms with Crippen molar-refractivity contribution in [1.82, 2.24) is 10.2 Å². The fourth-order valence-electron chi connectivity index (χ4n) is 1.22. The minimum atomic E-state index is 0.0471. The summed E-state index contributed by atoms with van der Waals surface area (Å²) in [7, 11) is 1.62. The lowest BCUT2D eigenvalue weighted by molar-refractivity contribution is -0.122. The van der Waals surface area contributed by atoms with Crippen LogP contribution in [0.5, 0.6) is 0 Å². The van der Waals surface area contributed by atoms with Gasteiger partial charge in [-0.1, -0.05) is 6.92 Å². The fraction of sp³-hybridized carbons (Fsp3) is 0.900. The van der Waals surface area contributed by atoms with E-state index in [2.05, 4.69) is 10.2 Å². The molecule has 0 aliphatic rings. The number of ether oxygens (including phenoxy) is 1. The number of nitrogens with two attached hydrogens (primary N) is 1. The van der Waals surface area contributed by atoms with Crippen molar-refractivity contribution in [3.63, 3.8) is 0 Å². The summed E-state index contributed by atoms with van der Waals surface area (Å²) in [4.78, 5) is 13.5. The molecule has 0 aliphatic heterocycles. The SMILES string of the molecule is CCN(CCCN)CC(=O)NCCOC. The number of hydrogen-bond donors (Lipinski definition) is 2. The summed E-state index contributed by atoms with van der Waals surface area (Å²) < 4.78 is 4.84. The third-order valence-corrected chi connectivity index (χ3v) is 2.12. The number of nitrogens with one attached hydrogen (secondary N) is 1. The Bertz CT molecular complexity index is 165. The third kappa shape index (κ3) is 8.35. The van der Waals surface area contributed by atoms with Crippen LogP contribution in [0.2, 0.25) is 0 Å². The van der Waals surface area contributed by atoms with Gasteiger partial charge in [-0.05, 0) is 26.1 Å². The van der Waals surface area contributed by atoms with Crippen LogP contribution in [-0.2, 0) is 9.53 Å². The van der Waals surface area contributed by atoms with E-state index in [4.69, 9.17) is 10.5 Å². The van der Waals surface area contributed by atoms with Crippen LogP contribution in [0, 0.1) is 0 Å². The lowest BCUT2D eigenvalue weighted by Gasteiger charge is -2.19. The highest BCUT2D eigenvalue weighted by molar-refractivity contribution is 5.77. The van der Waals surface area contributed by atoms with E-state index in [0.717, 1.165) is 19.5 Å². The molecule has 90 valence electrons. The van der Waals surface area contributed by atoms with E-state index in [9.17, 15) is 4.79 Å². The van der Waals surface area contributed by atoms with Crippen molar-refractivity contribution in [1.29, 1.82) is 0 Å². The molecule has 15 heavy (non-hydrogen) atoms. The Morgan fingerprint density at radius 2 is 2.27 bits per heavy atom. The summed E-state index contributed by atoms with van der Waals surface area (Å²) in [6, 6.07) is 0. The van der Waals surface area contributed by atoms with Gasteiger partial charge in [-0.3, -0.25) is 9.69 Å². The molecule has 0 heterocycles. The number of rotatable bonds is 9. The van der Waals surface area contributed by atoms with Gasteiger partial charge in [0.2, 0.25) is 5.91 Å². The predicted molar refractivity (Wildman–Crippen MR) is 60.7 cm³/mol. The zero-order valence-electron chi connectivity index (χ0n) is 9.79. The molecule has 0 unspecified atom stereocenters. The van der Waals surface area contributed by atoms with Gasteiger partial charge in [-0.25, -0.2) is 0 Å². The molecule has 0 aliphatic carbocycles. The highest BCUT2D eigenvalue weighted by Crippen LogP contribution is 1.89. The maximum atomic E-state index is 11.4. The smallest absolute Gasteiger partial charge is 0.234 e. The normalized spacial score (nSPS) is 10.7. The Morgan fingerprint density at radius 1 is 1.53 bits per heavy atom. The molecule has 3 N–H and O–H groups in total. The predicted octanol–water partition coefficient (Wildman–Crippen LogP) is -0.580. The Hall–Kier alpha value is -0.650. The molecule has 0 radical (unpaired) electrons. The lowest BCUT2D eigenvalue weighted by atomic mass is 10.3. The minimum absolute atomic E-state index is 0.0471. The summed E-state index contributed by atoms with van der Waals surface area (Å²) in [5, 5.41) is 2.79. The number of likely N-dealkylation sites (N-methyl/N-ethyl adjacent to an activating group) is 1. The van der Waals surface area contributed by atoms with Crippen LogP contribution < -0.4 is 11.1 Å². The second-order valence-corrected chi connectivity index (χ2v) is 3.35. The van der Waals surface area contributed by atoms with Gasteiger partial charge in [0.05, 0.1) is 13.2 Å². The Balaban J connectivity index is 3.60. The summed E-state index contributed by atoms with van der Waals surface area (Å²) in [6.07, 6.45) is 0.930. The number of carbonyl (C=O) groups excluding carboxylic acids is 1. The van der Waals surface area contributed by atoms with Crippen molar-refractivity contribution in [2.24, 2.45) is 5.73 Å². The molecule has 5 heteroatoms. The Kier molecular flexibility index (Phi) is 9.46. The summed E-state index contributed by atoms with van der Waals surface area (Å²) >= 11 is 0. The van der Waals surface area contributed by atoms with Crippen LogP contribution >= 0.6 is 0 Å². The standard InChI is InChI=1S/C10H23N3O2/c1-3-13(7-4-5-11)9-10(14)12-6-8-15-2/h3-9,11H2,1-2H3,(H,12,14). The van der Waals surface area contributed by atoms with Gasteiger partial charge in [0.25, 0.3) is 0 Å². The average Bonchev–Trinajstić information content (AvgIpc) is 2.24. The molecule has 0 saturated carbocycles. The second kappa shape index (κ2) is 9.89. The Labute approximate surface area is 91.9 Å². The zero-order chi connectivity index (χ0) is 11.5. The third-order valence-electron chi connectivity index (χ3n) is 2.12. The molecule has 0 fully saturated rings. The molecule has 0 saturated heterocycles. The molecule has 0 rings (SSSR count). The van der Waals surface area contributed by atoms with Gasteiger partial charge < -0.3 is 15.8 Å². The van der Waals surface area contributed by atoms with Crippen molar-refractivity contribution >= 4 is 5.91 Å². The van der Waals surface area contributed by atoms with Crippen LogP contribution in [0.3, 0.4) is 0 Å². The van der Waals surface area contributed by atoms with Gasteiger partial charge in [-0.2, -0.15) is 0 Å². The topological polar surface area (TPSA) is 67.6 Å². The highest BCUT2D eigenvalue weighted by atomic mass is 16.5. The van der Waals surface area contributed by atoms with Crippen molar-refractivity contribution < 1.29 is 9.53 Å². The first-order valence-electron chi connectivity index (χ1n) is 5.42. The van der Waals surface area contributed by atoms with E-state index in [1.807, 2.05) is 6.92 Å². The molecule has 0 aromatic carbocycles. The number of methoxy groups -OCH3 is 1. The van der Waals surface area contributed by atoms with Crippen molar-refractivity contribution in [2.75, 3.05) is 46.4 Å². The van der Waals surface area contributed by atoms with E-state index in [1.54, 1.807) is 7.11 Å². The fourth-order valence-corrected chi connectivity index (χ4v) is 1.22. The summed E-state index contributed by atoms with van der Waals surface area (Å²) in [5.74, 6) is 0.0471. The molecular weight excluding hydrogens is 194 g/mol. The van der Waals surface area contributed by atoms with Gasteiger partial charge in [0.15, 0.2) is 0 Å². The maximum absolute atomic E-state index is 11.4. The van der Waals surface area contributed by atoms with Gasteiger partial charge in [0.1, 0.15) is 0 Å². The molecule has 0 bridgehead atoms. The van der Waals surface area contributed by atoms with Crippen LogP contribution in [0.1, 0.15) is 13.3 Å². The number of hydrogen-bond acceptors (Lipinski definition) is 4. The Morgan fingerprint density at radius 3 is 2.80 bits per heavy atom. The molecule has 0 aromatic heterocycles. The number of carbonyl (C=O) groups is 1. The molecule has 0 atom stereocenters. The first kappa shape index (κ1) is 14.3.